The Morgan fingerprint density at radius 1 is 1.03 bits per heavy atom. The van der Waals surface area contributed by atoms with Gasteiger partial charge in [0, 0.05) is 12.7 Å². The molecule has 0 radical (unpaired) electrons. The van der Waals surface area contributed by atoms with Gasteiger partial charge in [-0.25, -0.2) is 8.42 Å². The maximum absolute atomic E-state index is 13.1. The number of carbonyl (C=O) groups excluding carboxylic acids is 3. The second-order valence-corrected chi connectivity index (χ2v) is 9.72. The molecule has 2 aromatic rings. The summed E-state index contributed by atoms with van der Waals surface area (Å²) < 4.78 is 25.3. The van der Waals surface area contributed by atoms with Crippen LogP contribution < -0.4 is 5.32 Å². The van der Waals surface area contributed by atoms with Crippen LogP contribution in [0.4, 0.5) is 5.69 Å². The Morgan fingerprint density at radius 2 is 1.56 bits per heavy atom. The fourth-order valence-corrected chi connectivity index (χ4v) is 4.42. The topological polar surface area (TPSA) is 113 Å². The fourth-order valence-electron chi connectivity index (χ4n) is 3.45. The van der Waals surface area contributed by atoms with Crippen LogP contribution in [-0.2, 0) is 19.7 Å². The van der Waals surface area contributed by atoms with Gasteiger partial charge in [-0.05, 0) is 48.7 Å². The van der Waals surface area contributed by atoms with Gasteiger partial charge in [-0.2, -0.15) is 0 Å². The van der Waals surface area contributed by atoms with E-state index < -0.39 is 33.8 Å². The van der Waals surface area contributed by atoms with Crippen LogP contribution in [0.5, 0.6) is 0 Å². The average molecular weight is 460 g/mol. The minimum Gasteiger partial charge on any atom is -0.324 e. The molecular formula is C22H25N3O6S. The van der Waals surface area contributed by atoms with Crippen LogP contribution in [0.2, 0.25) is 0 Å². The normalized spacial score (nSPS) is 14.8. The third-order valence-corrected chi connectivity index (χ3v) is 6.84. The molecule has 0 aromatic heterocycles. The molecule has 2 aromatic carbocycles. The molecule has 0 aliphatic carbocycles. The number of imide groups is 1. The molecule has 3 rings (SSSR count). The summed E-state index contributed by atoms with van der Waals surface area (Å²) >= 11 is 0. The molecule has 1 unspecified atom stereocenters. The van der Waals surface area contributed by atoms with E-state index in [4.69, 9.17) is 4.84 Å². The summed E-state index contributed by atoms with van der Waals surface area (Å²) in [6.07, 6.45) is 0.280. The summed E-state index contributed by atoms with van der Waals surface area (Å²) in [5.41, 5.74) is 0.881. The van der Waals surface area contributed by atoms with Gasteiger partial charge in [0.25, 0.3) is 21.8 Å². The van der Waals surface area contributed by atoms with Crippen LogP contribution in [-0.4, -0.2) is 55.7 Å². The molecule has 10 heteroatoms. The molecule has 0 saturated heterocycles. The third kappa shape index (κ3) is 4.43. The van der Waals surface area contributed by atoms with E-state index in [0.717, 1.165) is 9.37 Å². The van der Waals surface area contributed by atoms with E-state index in [1.54, 1.807) is 24.3 Å². The molecule has 32 heavy (non-hydrogen) atoms. The molecule has 1 atom stereocenters. The number of nitrogens with one attached hydrogen (secondary N) is 1. The lowest BCUT2D eigenvalue weighted by atomic mass is 10.0. The Bertz CT molecular complexity index is 1110. The molecule has 0 fully saturated rings. The molecular weight excluding hydrogens is 434 g/mol. The van der Waals surface area contributed by atoms with Crippen molar-refractivity contribution in [3.8, 4) is 0 Å². The summed E-state index contributed by atoms with van der Waals surface area (Å²) in [5, 5.41) is 2.69. The predicted octanol–water partition coefficient (Wildman–Crippen LogP) is 2.52. The number of amides is 3. The maximum atomic E-state index is 13.1. The van der Waals surface area contributed by atoms with Gasteiger partial charge < -0.3 is 5.32 Å². The van der Waals surface area contributed by atoms with Crippen molar-refractivity contribution in [3.05, 3.63) is 59.7 Å². The molecule has 3 amide bonds. The Balaban J connectivity index is 1.84. The van der Waals surface area contributed by atoms with Gasteiger partial charge >= 0.3 is 0 Å². The molecule has 0 bridgehead atoms. The number of carbonyl (C=O) groups is 3. The average Bonchev–Trinajstić information content (AvgIpc) is 3.02. The minimum atomic E-state index is -3.82. The number of fused-ring (bicyclic) bond motifs is 1. The number of hydrogen-bond donors (Lipinski definition) is 1. The zero-order valence-corrected chi connectivity index (χ0v) is 19.0. The lowest BCUT2D eigenvalue weighted by Gasteiger charge is -2.26. The van der Waals surface area contributed by atoms with Crippen molar-refractivity contribution in [3.63, 3.8) is 0 Å². The maximum Gasteiger partial charge on any atom is 0.264 e. The van der Waals surface area contributed by atoms with E-state index in [-0.39, 0.29) is 28.4 Å². The molecule has 1 heterocycles. The van der Waals surface area contributed by atoms with Gasteiger partial charge in [0.05, 0.1) is 23.1 Å². The second kappa shape index (κ2) is 9.19. The summed E-state index contributed by atoms with van der Waals surface area (Å²) in [7, 11) is -1.32. The number of anilines is 1. The Kier molecular flexibility index (Phi) is 6.77. The van der Waals surface area contributed by atoms with Gasteiger partial charge in [0.2, 0.25) is 5.91 Å². The largest absolute Gasteiger partial charge is 0.324 e. The van der Waals surface area contributed by atoms with Crippen LogP contribution in [0, 0.1) is 5.92 Å². The van der Waals surface area contributed by atoms with Crippen molar-refractivity contribution in [2.75, 3.05) is 19.5 Å². The van der Waals surface area contributed by atoms with E-state index in [1.165, 1.54) is 38.4 Å². The number of rotatable bonds is 8. The molecule has 0 saturated carbocycles. The molecule has 1 aliphatic rings. The fraction of sp³-hybridized carbons (Fsp3) is 0.318. The van der Waals surface area contributed by atoms with Crippen LogP contribution in [0.1, 0.15) is 41.0 Å². The van der Waals surface area contributed by atoms with Crippen molar-refractivity contribution in [2.45, 2.75) is 31.2 Å². The highest BCUT2D eigenvalue weighted by molar-refractivity contribution is 7.89. The number of hydroxylamine groups is 1. The highest BCUT2D eigenvalue weighted by Crippen LogP contribution is 2.28. The van der Waals surface area contributed by atoms with Crippen LogP contribution in [0.25, 0.3) is 0 Å². The predicted molar refractivity (Wildman–Crippen MR) is 117 cm³/mol. The number of benzene rings is 2. The Labute approximate surface area is 187 Å². The smallest absolute Gasteiger partial charge is 0.264 e. The van der Waals surface area contributed by atoms with Crippen LogP contribution >= 0.6 is 0 Å². The second-order valence-electron chi connectivity index (χ2n) is 7.78. The standard InChI is InChI=1S/C22H25N3O6S/c1-14(2)13-19(25-21(27)17-7-5-6-8-18(17)22(25)28)20(26)23-15-9-11-16(12-10-15)32(29,30)24(3)31-4/h5-12,14,19H,13H2,1-4H3,(H,23,26). The highest BCUT2D eigenvalue weighted by atomic mass is 32.2. The zero-order valence-electron chi connectivity index (χ0n) is 18.2. The van der Waals surface area contributed by atoms with E-state index in [2.05, 4.69) is 5.32 Å². The molecule has 0 spiro atoms. The van der Waals surface area contributed by atoms with Gasteiger partial charge in [-0.15, -0.1) is 0 Å². The first kappa shape index (κ1) is 23.6. The van der Waals surface area contributed by atoms with Gasteiger partial charge in [0.1, 0.15) is 6.04 Å². The van der Waals surface area contributed by atoms with Crippen molar-refractivity contribution in [1.82, 2.24) is 9.37 Å². The molecule has 1 N–H and O–H groups in total. The summed E-state index contributed by atoms with van der Waals surface area (Å²) in [6.45, 7) is 3.79. The minimum absolute atomic E-state index is 0.0149. The Morgan fingerprint density at radius 3 is 2.03 bits per heavy atom. The summed E-state index contributed by atoms with van der Waals surface area (Å²) in [5.74, 6) is -1.50. The van der Waals surface area contributed by atoms with Crippen LogP contribution in [0.3, 0.4) is 0 Å². The van der Waals surface area contributed by atoms with Crippen molar-refractivity contribution in [2.24, 2.45) is 5.92 Å². The molecule has 1 aliphatic heterocycles. The van der Waals surface area contributed by atoms with E-state index in [0.29, 0.717) is 5.69 Å². The van der Waals surface area contributed by atoms with Crippen molar-refractivity contribution >= 4 is 33.4 Å². The molecule has 170 valence electrons. The van der Waals surface area contributed by atoms with Gasteiger partial charge in [-0.3, -0.25) is 24.1 Å². The van der Waals surface area contributed by atoms with E-state index in [9.17, 15) is 22.8 Å². The third-order valence-electron chi connectivity index (χ3n) is 5.15. The molecule has 9 nitrogen and oxygen atoms in total. The van der Waals surface area contributed by atoms with Crippen molar-refractivity contribution in [1.29, 1.82) is 0 Å². The first-order chi connectivity index (χ1) is 15.1. The highest BCUT2D eigenvalue weighted by Gasteiger charge is 2.42. The van der Waals surface area contributed by atoms with E-state index in [1.807, 2.05) is 13.8 Å². The first-order valence-corrected chi connectivity index (χ1v) is 11.4. The van der Waals surface area contributed by atoms with Gasteiger partial charge in [0.15, 0.2) is 0 Å². The van der Waals surface area contributed by atoms with E-state index >= 15 is 0 Å². The first-order valence-electron chi connectivity index (χ1n) is 9.98. The monoisotopic (exact) mass is 459 g/mol. The van der Waals surface area contributed by atoms with Crippen molar-refractivity contribution < 1.29 is 27.6 Å². The van der Waals surface area contributed by atoms with Gasteiger partial charge in [-0.1, -0.05) is 30.4 Å². The van der Waals surface area contributed by atoms with Crippen LogP contribution in [0.15, 0.2) is 53.4 Å². The lowest BCUT2D eigenvalue weighted by Crippen LogP contribution is -2.47. The number of sulfonamides is 1. The Hall–Kier alpha value is -3.08. The lowest BCUT2D eigenvalue weighted by molar-refractivity contribution is -0.120. The summed E-state index contributed by atoms with van der Waals surface area (Å²) in [4.78, 5) is 44.6. The number of hydrogen-bond acceptors (Lipinski definition) is 6. The number of nitrogens with zero attached hydrogens (tertiary/aromatic N) is 2. The quantitative estimate of drug-likeness (QED) is 0.479. The SMILES string of the molecule is CON(C)S(=O)(=O)c1ccc(NC(=O)C(CC(C)C)N2C(=O)c3ccccc3C2=O)cc1. The summed E-state index contributed by atoms with van der Waals surface area (Å²) in [6, 6.07) is 11.0. The zero-order chi connectivity index (χ0) is 23.6.